The number of aryl methyl sites for hydroxylation is 1. The van der Waals surface area contributed by atoms with E-state index >= 15 is 0 Å². The summed E-state index contributed by atoms with van der Waals surface area (Å²) in [7, 11) is 0. The first kappa shape index (κ1) is 10.4. The van der Waals surface area contributed by atoms with Gasteiger partial charge < -0.3 is 16.2 Å². The van der Waals surface area contributed by atoms with Crippen LogP contribution in [0.15, 0.2) is 29.7 Å². The number of nitrogen functional groups attached to an aromatic ring is 1. The van der Waals surface area contributed by atoms with Gasteiger partial charge in [0, 0.05) is 17.5 Å². The quantitative estimate of drug-likeness (QED) is 0.557. The zero-order valence-electron chi connectivity index (χ0n) is 8.79. The zero-order chi connectivity index (χ0) is 10.7. The van der Waals surface area contributed by atoms with Gasteiger partial charge in [-0.3, -0.25) is 0 Å². The van der Waals surface area contributed by atoms with Gasteiger partial charge in [0.25, 0.3) is 0 Å². The first-order chi connectivity index (χ1) is 6.50. The molecule has 0 radical (unpaired) electrons. The van der Waals surface area contributed by atoms with Crippen LogP contribution in [0.4, 0.5) is 5.69 Å². The van der Waals surface area contributed by atoms with E-state index in [2.05, 4.69) is 0 Å². The number of ether oxygens (including phenoxy) is 1. The lowest BCUT2D eigenvalue weighted by atomic mass is 10.2. The van der Waals surface area contributed by atoms with E-state index in [1.165, 1.54) is 0 Å². The van der Waals surface area contributed by atoms with Crippen LogP contribution in [0.1, 0.15) is 19.4 Å². The molecule has 0 aromatic heterocycles. The minimum absolute atomic E-state index is 0.671. The van der Waals surface area contributed by atoms with Crippen molar-refractivity contribution in [2.24, 2.45) is 5.73 Å². The Labute approximate surface area is 84.4 Å². The van der Waals surface area contributed by atoms with Crippen molar-refractivity contribution >= 4 is 5.69 Å². The number of benzene rings is 1. The molecule has 14 heavy (non-hydrogen) atoms. The lowest BCUT2D eigenvalue weighted by molar-refractivity contribution is 0.420. The van der Waals surface area contributed by atoms with Crippen molar-refractivity contribution in [2.75, 3.05) is 5.73 Å². The van der Waals surface area contributed by atoms with Crippen molar-refractivity contribution in [3.63, 3.8) is 0 Å². The molecular formula is C11H16N2O. The van der Waals surface area contributed by atoms with Crippen LogP contribution in [0.2, 0.25) is 0 Å². The fourth-order valence-corrected chi connectivity index (χ4v) is 0.939. The van der Waals surface area contributed by atoms with Gasteiger partial charge in [0.1, 0.15) is 11.5 Å². The summed E-state index contributed by atoms with van der Waals surface area (Å²) in [5.41, 5.74) is 13.8. The Morgan fingerprint density at radius 1 is 1.29 bits per heavy atom. The number of nitrogens with two attached hydrogens (primary N) is 2. The van der Waals surface area contributed by atoms with Crippen LogP contribution < -0.4 is 16.2 Å². The average molecular weight is 192 g/mol. The van der Waals surface area contributed by atoms with Gasteiger partial charge in [-0.1, -0.05) is 6.07 Å². The smallest absolute Gasteiger partial charge is 0.129 e. The third kappa shape index (κ3) is 2.42. The van der Waals surface area contributed by atoms with Gasteiger partial charge in [-0.15, -0.1) is 0 Å². The highest BCUT2D eigenvalue weighted by Gasteiger charge is 2.00. The topological polar surface area (TPSA) is 61.3 Å². The molecule has 1 rings (SSSR count). The largest absolute Gasteiger partial charge is 0.460 e. The summed E-state index contributed by atoms with van der Waals surface area (Å²) in [6.45, 7) is 5.58. The Hall–Kier alpha value is -1.64. The molecule has 0 spiro atoms. The second-order valence-corrected chi connectivity index (χ2v) is 3.36. The molecule has 76 valence electrons. The maximum atomic E-state index is 5.75. The Bertz CT molecular complexity index is 366. The van der Waals surface area contributed by atoms with Gasteiger partial charge in [-0.05, 0) is 32.4 Å². The molecule has 0 heterocycles. The van der Waals surface area contributed by atoms with E-state index in [-0.39, 0.29) is 0 Å². The van der Waals surface area contributed by atoms with Crippen molar-refractivity contribution in [2.45, 2.75) is 20.8 Å². The van der Waals surface area contributed by atoms with E-state index < -0.39 is 0 Å². The van der Waals surface area contributed by atoms with Crippen LogP contribution in [-0.2, 0) is 0 Å². The van der Waals surface area contributed by atoms with Gasteiger partial charge in [0.05, 0.1) is 0 Å². The molecule has 1 aromatic rings. The van der Waals surface area contributed by atoms with E-state index in [1.54, 1.807) is 13.0 Å². The average Bonchev–Trinajstić information content (AvgIpc) is 2.11. The Morgan fingerprint density at radius 3 is 2.43 bits per heavy atom. The van der Waals surface area contributed by atoms with E-state index in [9.17, 15) is 0 Å². The van der Waals surface area contributed by atoms with Gasteiger partial charge >= 0.3 is 0 Å². The zero-order valence-corrected chi connectivity index (χ0v) is 8.79. The minimum atomic E-state index is 0.671. The molecule has 3 nitrogen and oxygen atoms in total. The molecule has 1 aromatic carbocycles. The summed E-state index contributed by atoms with van der Waals surface area (Å²) in [5.74, 6) is 1.42. The molecule has 0 aliphatic carbocycles. The first-order valence-electron chi connectivity index (χ1n) is 4.47. The third-order valence-electron chi connectivity index (χ3n) is 2.08. The molecule has 0 atom stereocenters. The lowest BCUT2D eigenvalue weighted by Gasteiger charge is -2.08. The second kappa shape index (κ2) is 4.05. The number of allylic oxidation sites excluding steroid dienone is 2. The van der Waals surface area contributed by atoms with Crippen molar-refractivity contribution in [3.05, 3.63) is 35.2 Å². The van der Waals surface area contributed by atoms with Crippen molar-refractivity contribution in [1.29, 1.82) is 0 Å². The summed E-state index contributed by atoms with van der Waals surface area (Å²) in [6, 6.07) is 5.59. The molecule has 0 bridgehead atoms. The van der Waals surface area contributed by atoms with Gasteiger partial charge in [0.2, 0.25) is 0 Å². The monoisotopic (exact) mass is 192 g/mol. The molecular weight excluding hydrogens is 176 g/mol. The van der Waals surface area contributed by atoms with Crippen LogP contribution >= 0.6 is 0 Å². The summed E-state index contributed by atoms with van der Waals surface area (Å²) < 4.78 is 5.49. The predicted octanol–water partition coefficient (Wildman–Crippen LogP) is 2.17. The SMILES string of the molecule is CC(N)=C(C)Oc1ccc(C)c(N)c1. The minimum Gasteiger partial charge on any atom is -0.460 e. The van der Waals surface area contributed by atoms with Crippen molar-refractivity contribution in [1.82, 2.24) is 0 Å². The highest BCUT2D eigenvalue weighted by atomic mass is 16.5. The summed E-state index contributed by atoms with van der Waals surface area (Å²) in [4.78, 5) is 0. The fraction of sp³-hybridized carbons (Fsp3) is 0.273. The van der Waals surface area contributed by atoms with E-state index in [0.29, 0.717) is 11.5 Å². The number of hydrogen-bond acceptors (Lipinski definition) is 3. The molecule has 4 N–H and O–H groups in total. The summed E-state index contributed by atoms with van der Waals surface area (Å²) in [6.07, 6.45) is 0. The lowest BCUT2D eigenvalue weighted by Crippen LogP contribution is -2.02. The summed E-state index contributed by atoms with van der Waals surface area (Å²) >= 11 is 0. The van der Waals surface area contributed by atoms with E-state index in [4.69, 9.17) is 16.2 Å². The van der Waals surface area contributed by atoms with E-state index in [1.807, 2.05) is 26.0 Å². The molecule has 0 saturated heterocycles. The second-order valence-electron chi connectivity index (χ2n) is 3.36. The van der Waals surface area contributed by atoms with Crippen molar-refractivity contribution < 1.29 is 4.74 Å². The van der Waals surface area contributed by atoms with Crippen LogP contribution in [-0.4, -0.2) is 0 Å². The normalized spacial score (nSPS) is 12.2. The van der Waals surface area contributed by atoms with E-state index in [0.717, 1.165) is 17.0 Å². The molecule has 0 fully saturated rings. The fourth-order valence-electron chi connectivity index (χ4n) is 0.939. The Kier molecular flexibility index (Phi) is 3.02. The van der Waals surface area contributed by atoms with Gasteiger partial charge in [-0.25, -0.2) is 0 Å². The standard InChI is InChI=1S/C11H16N2O/c1-7-4-5-10(6-11(7)13)14-9(3)8(2)12/h4-6H,12-13H2,1-3H3. The van der Waals surface area contributed by atoms with Crippen molar-refractivity contribution in [3.8, 4) is 5.75 Å². The van der Waals surface area contributed by atoms with Crippen LogP contribution in [0.25, 0.3) is 0 Å². The van der Waals surface area contributed by atoms with Gasteiger partial charge in [0.15, 0.2) is 0 Å². The van der Waals surface area contributed by atoms with Crippen LogP contribution in [0.5, 0.6) is 5.75 Å². The maximum absolute atomic E-state index is 5.75. The molecule has 0 saturated carbocycles. The number of anilines is 1. The number of hydrogen-bond donors (Lipinski definition) is 2. The Balaban J connectivity index is 2.89. The summed E-state index contributed by atoms with van der Waals surface area (Å²) in [5, 5.41) is 0. The molecule has 3 heteroatoms. The molecule has 0 aliphatic rings. The van der Waals surface area contributed by atoms with Crippen LogP contribution in [0.3, 0.4) is 0 Å². The third-order valence-corrected chi connectivity index (χ3v) is 2.08. The van der Waals surface area contributed by atoms with Gasteiger partial charge in [-0.2, -0.15) is 0 Å². The molecule has 0 unspecified atom stereocenters. The maximum Gasteiger partial charge on any atom is 0.129 e. The predicted molar refractivity (Wildman–Crippen MR) is 58.8 cm³/mol. The molecule has 0 aliphatic heterocycles. The number of rotatable bonds is 2. The molecule has 0 amide bonds. The highest BCUT2D eigenvalue weighted by Crippen LogP contribution is 2.21. The Morgan fingerprint density at radius 2 is 1.93 bits per heavy atom. The van der Waals surface area contributed by atoms with Crippen LogP contribution in [0, 0.1) is 6.92 Å². The highest BCUT2D eigenvalue weighted by molar-refractivity contribution is 5.50. The first-order valence-corrected chi connectivity index (χ1v) is 4.47.